The Labute approximate surface area is 160 Å². The molecule has 3 heterocycles. The standard InChI is InChI=1S/C20H17FN4OS/c1-13-17-15(21)5-2-6-16(17)27-18(13)20(26)25-10-8-24(9-11-25)19-14(12-22)4-3-7-23-19/h2-7H,8-11H2,1H3. The molecule has 2 aromatic heterocycles. The number of thiophene rings is 1. The van der Waals surface area contributed by atoms with Gasteiger partial charge in [-0.25, -0.2) is 9.37 Å². The van der Waals surface area contributed by atoms with Crippen LogP contribution in [0.15, 0.2) is 36.5 Å². The number of piperazine rings is 1. The third kappa shape index (κ3) is 3.02. The summed E-state index contributed by atoms with van der Waals surface area (Å²) in [6.07, 6.45) is 1.67. The minimum atomic E-state index is -0.288. The summed E-state index contributed by atoms with van der Waals surface area (Å²) in [6, 6.07) is 10.6. The van der Waals surface area contributed by atoms with Crippen LogP contribution in [0.3, 0.4) is 0 Å². The summed E-state index contributed by atoms with van der Waals surface area (Å²) in [5.74, 6) is 0.311. The molecule has 0 N–H and O–H groups in total. The molecule has 1 aliphatic rings. The van der Waals surface area contributed by atoms with Crippen molar-refractivity contribution in [1.29, 1.82) is 5.26 Å². The summed E-state index contributed by atoms with van der Waals surface area (Å²) in [7, 11) is 0. The van der Waals surface area contributed by atoms with E-state index in [-0.39, 0.29) is 11.7 Å². The predicted molar refractivity (Wildman–Crippen MR) is 104 cm³/mol. The van der Waals surface area contributed by atoms with Crippen molar-refractivity contribution in [1.82, 2.24) is 9.88 Å². The first-order valence-electron chi connectivity index (χ1n) is 8.67. The highest BCUT2D eigenvalue weighted by molar-refractivity contribution is 7.21. The Morgan fingerprint density at radius 3 is 2.70 bits per heavy atom. The second kappa shape index (κ2) is 6.97. The van der Waals surface area contributed by atoms with Crippen LogP contribution < -0.4 is 4.90 Å². The first-order chi connectivity index (χ1) is 13.1. The van der Waals surface area contributed by atoms with E-state index in [4.69, 9.17) is 0 Å². The minimum absolute atomic E-state index is 0.0609. The predicted octanol–water partition coefficient (Wildman–Crippen LogP) is 3.58. The molecule has 0 saturated carbocycles. The van der Waals surface area contributed by atoms with Crippen molar-refractivity contribution >= 4 is 33.1 Å². The number of halogens is 1. The molecule has 0 unspecified atom stereocenters. The van der Waals surface area contributed by atoms with Crippen LogP contribution in [0.5, 0.6) is 0 Å². The Bertz CT molecular complexity index is 1060. The number of nitrogens with zero attached hydrogens (tertiary/aromatic N) is 4. The van der Waals surface area contributed by atoms with Crippen LogP contribution in [0.25, 0.3) is 10.1 Å². The quantitative estimate of drug-likeness (QED) is 0.682. The van der Waals surface area contributed by atoms with Gasteiger partial charge in [-0.05, 0) is 36.8 Å². The van der Waals surface area contributed by atoms with Gasteiger partial charge in [0.2, 0.25) is 0 Å². The highest BCUT2D eigenvalue weighted by Crippen LogP contribution is 2.33. The largest absolute Gasteiger partial charge is 0.352 e. The van der Waals surface area contributed by atoms with E-state index in [0.717, 1.165) is 4.70 Å². The fourth-order valence-corrected chi connectivity index (χ4v) is 4.65. The van der Waals surface area contributed by atoms with Crippen LogP contribution in [-0.2, 0) is 0 Å². The van der Waals surface area contributed by atoms with Crippen molar-refractivity contribution in [2.24, 2.45) is 0 Å². The number of nitriles is 1. The molecule has 0 atom stereocenters. The van der Waals surface area contributed by atoms with Gasteiger partial charge in [0.25, 0.3) is 5.91 Å². The van der Waals surface area contributed by atoms with Crippen LogP contribution in [0.1, 0.15) is 20.8 Å². The van der Waals surface area contributed by atoms with E-state index in [1.807, 2.05) is 11.0 Å². The Hall–Kier alpha value is -2.98. The minimum Gasteiger partial charge on any atom is -0.352 e. The maximum Gasteiger partial charge on any atom is 0.264 e. The van der Waals surface area contributed by atoms with Crippen molar-refractivity contribution in [3.63, 3.8) is 0 Å². The molecule has 1 amide bonds. The zero-order chi connectivity index (χ0) is 19.0. The lowest BCUT2D eigenvalue weighted by molar-refractivity contribution is 0.0751. The molecule has 3 aromatic rings. The third-order valence-corrected chi connectivity index (χ3v) is 6.12. The number of hydrogen-bond donors (Lipinski definition) is 0. The topological polar surface area (TPSA) is 60.2 Å². The maximum absolute atomic E-state index is 14.1. The Kier molecular flexibility index (Phi) is 4.50. The zero-order valence-electron chi connectivity index (χ0n) is 14.8. The summed E-state index contributed by atoms with van der Waals surface area (Å²) < 4.78 is 14.9. The summed E-state index contributed by atoms with van der Waals surface area (Å²) in [5, 5.41) is 9.79. The number of rotatable bonds is 2. The first-order valence-corrected chi connectivity index (χ1v) is 9.48. The molecule has 1 aromatic carbocycles. The second-order valence-corrected chi connectivity index (χ2v) is 7.49. The number of benzene rings is 1. The fourth-order valence-electron chi connectivity index (χ4n) is 3.46. The van der Waals surface area contributed by atoms with E-state index in [0.29, 0.717) is 53.4 Å². The zero-order valence-corrected chi connectivity index (χ0v) is 15.6. The van der Waals surface area contributed by atoms with Gasteiger partial charge in [-0.2, -0.15) is 5.26 Å². The lowest BCUT2D eigenvalue weighted by Gasteiger charge is -2.35. The van der Waals surface area contributed by atoms with Gasteiger partial charge in [0.1, 0.15) is 17.7 Å². The number of anilines is 1. The Morgan fingerprint density at radius 2 is 2.00 bits per heavy atom. The van der Waals surface area contributed by atoms with Crippen LogP contribution in [0.2, 0.25) is 0 Å². The Morgan fingerprint density at radius 1 is 1.22 bits per heavy atom. The first kappa shape index (κ1) is 17.4. The van der Waals surface area contributed by atoms with E-state index < -0.39 is 0 Å². The van der Waals surface area contributed by atoms with Crippen molar-refractivity contribution in [3.05, 3.63) is 58.3 Å². The molecular formula is C20H17FN4OS. The van der Waals surface area contributed by atoms with Gasteiger partial charge in [0.15, 0.2) is 0 Å². The lowest BCUT2D eigenvalue weighted by atomic mass is 10.1. The van der Waals surface area contributed by atoms with Crippen LogP contribution in [-0.4, -0.2) is 42.0 Å². The fraction of sp³-hybridized carbons (Fsp3) is 0.250. The summed E-state index contributed by atoms with van der Waals surface area (Å²) in [4.78, 5) is 21.7. The lowest BCUT2D eigenvalue weighted by Crippen LogP contribution is -2.49. The molecule has 1 aliphatic heterocycles. The van der Waals surface area contributed by atoms with Crippen LogP contribution in [0, 0.1) is 24.1 Å². The average Bonchev–Trinajstić information content (AvgIpc) is 3.05. The molecule has 0 aliphatic carbocycles. The van der Waals surface area contributed by atoms with E-state index >= 15 is 0 Å². The molecule has 5 nitrogen and oxygen atoms in total. The SMILES string of the molecule is Cc1c(C(=O)N2CCN(c3ncccc3C#N)CC2)sc2cccc(F)c12. The molecule has 27 heavy (non-hydrogen) atoms. The van der Waals surface area contributed by atoms with E-state index in [1.165, 1.54) is 17.4 Å². The molecule has 1 saturated heterocycles. The number of carbonyl (C=O) groups is 1. The van der Waals surface area contributed by atoms with Crippen molar-refractivity contribution < 1.29 is 9.18 Å². The average molecular weight is 380 g/mol. The van der Waals surface area contributed by atoms with Crippen LogP contribution >= 0.6 is 11.3 Å². The molecule has 4 rings (SSSR count). The van der Waals surface area contributed by atoms with Gasteiger partial charge in [-0.15, -0.1) is 11.3 Å². The second-order valence-electron chi connectivity index (χ2n) is 6.43. The third-order valence-electron chi connectivity index (χ3n) is 4.87. The number of carbonyl (C=O) groups excluding carboxylic acids is 1. The monoisotopic (exact) mass is 380 g/mol. The van der Waals surface area contributed by atoms with Gasteiger partial charge in [-0.1, -0.05) is 6.07 Å². The normalized spacial score (nSPS) is 14.4. The van der Waals surface area contributed by atoms with Crippen molar-refractivity contribution in [3.8, 4) is 6.07 Å². The molecular weight excluding hydrogens is 363 g/mol. The van der Waals surface area contributed by atoms with Gasteiger partial charge < -0.3 is 9.80 Å². The smallest absolute Gasteiger partial charge is 0.264 e. The van der Waals surface area contributed by atoms with Crippen molar-refractivity contribution in [2.75, 3.05) is 31.1 Å². The number of pyridine rings is 1. The number of hydrogen-bond acceptors (Lipinski definition) is 5. The Balaban J connectivity index is 1.54. The molecule has 7 heteroatoms. The van der Waals surface area contributed by atoms with E-state index in [9.17, 15) is 14.4 Å². The van der Waals surface area contributed by atoms with E-state index in [2.05, 4.69) is 11.1 Å². The summed E-state index contributed by atoms with van der Waals surface area (Å²) in [5.41, 5.74) is 1.24. The van der Waals surface area contributed by atoms with Crippen LogP contribution in [0.4, 0.5) is 10.2 Å². The molecule has 1 fully saturated rings. The van der Waals surface area contributed by atoms with E-state index in [1.54, 1.807) is 36.2 Å². The highest BCUT2D eigenvalue weighted by Gasteiger charge is 2.27. The van der Waals surface area contributed by atoms with Gasteiger partial charge in [0.05, 0.1) is 10.4 Å². The van der Waals surface area contributed by atoms with Gasteiger partial charge >= 0.3 is 0 Å². The highest BCUT2D eigenvalue weighted by atomic mass is 32.1. The number of fused-ring (bicyclic) bond motifs is 1. The number of amides is 1. The molecule has 0 radical (unpaired) electrons. The maximum atomic E-state index is 14.1. The van der Waals surface area contributed by atoms with Gasteiger partial charge in [0, 0.05) is 42.5 Å². The summed E-state index contributed by atoms with van der Waals surface area (Å²) >= 11 is 1.34. The van der Waals surface area contributed by atoms with Crippen molar-refractivity contribution in [2.45, 2.75) is 6.92 Å². The summed E-state index contributed by atoms with van der Waals surface area (Å²) in [6.45, 7) is 4.09. The number of aryl methyl sites for hydroxylation is 1. The molecule has 0 spiro atoms. The molecule has 0 bridgehead atoms. The van der Waals surface area contributed by atoms with Gasteiger partial charge in [-0.3, -0.25) is 4.79 Å². The molecule has 136 valence electrons. The number of aromatic nitrogens is 1.